The molecule has 2 aromatic carbocycles. The Labute approximate surface area is 220 Å². The van der Waals surface area contributed by atoms with Gasteiger partial charge in [0, 0.05) is 50.5 Å². The molecule has 2 aliphatic rings. The molecular weight excluding hydrogens is 471 g/mol. The van der Waals surface area contributed by atoms with E-state index >= 15 is 0 Å². The lowest BCUT2D eigenvalue weighted by Gasteiger charge is -2.39. The van der Waals surface area contributed by atoms with Gasteiger partial charge in [-0.15, -0.1) is 0 Å². The second kappa shape index (κ2) is 13.6. The third kappa shape index (κ3) is 6.87. The van der Waals surface area contributed by atoms with Crippen LogP contribution < -0.4 is 21.5 Å². The van der Waals surface area contributed by atoms with Crippen LogP contribution in [0.2, 0.25) is 0 Å². The first-order valence-electron chi connectivity index (χ1n) is 14.2. The highest BCUT2D eigenvalue weighted by molar-refractivity contribution is 5.59. The third-order valence-corrected chi connectivity index (χ3v) is 8.40. The maximum absolute atomic E-state index is 14.8. The van der Waals surface area contributed by atoms with Crippen molar-refractivity contribution in [2.75, 3.05) is 44.9 Å². The van der Waals surface area contributed by atoms with Crippen molar-refractivity contribution in [2.45, 2.75) is 70.3 Å². The number of nitrogens with two attached hydrogens (primary N) is 1. The molecule has 1 heterocycles. The lowest BCUT2D eigenvalue weighted by Crippen LogP contribution is -2.49. The Morgan fingerprint density at radius 1 is 1.05 bits per heavy atom. The summed E-state index contributed by atoms with van der Waals surface area (Å²) in [5.74, 6) is 0.632. The number of hydrogen-bond donors (Lipinski definition) is 1. The van der Waals surface area contributed by atoms with E-state index in [1.165, 1.54) is 38.2 Å². The largest absolute Gasteiger partial charge is 0.385 e. The Hall–Kier alpha value is -2.09. The van der Waals surface area contributed by atoms with E-state index in [9.17, 15) is 14.0 Å². The first kappa shape index (κ1) is 27.9. The highest BCUT2D eigenvalue weighted by Gasteiger charge is 2.35. The van der Waals surface area contributed by atoms with Crippen LogP contribution in [0.5, 0.6) is 0 Å². The van der Waals surface area contributed by atoms with Crippen molar-refractivity contribution in [3.63, 3.8) is 0 Å². The summed E-state index contributed by atoms with van der Waals surface area (Å²) in [7, 11) is 1.65. The highest BCUT2D eigenvalue weighted by Crippen LogP contribution is 2.36. The minimum Gasteiger partial charge on any atom is -0.385 e. The van der Waals surface area contributed by atoms with E-state index < -0.39 is 6.10 Å². The van der Waals surface area contributed by atoms with E-state index in [1.807, 2.05) is 6.07 Å². The third-order valence-electron chi connectivity index (χ3n) is 8.40. The number of nitrogens with zero attached hydrogens (tertiary/aromatic N) is 1. The van der Waals surface area contributed by atoms with Crippen molar-refractivity contribution in [2.24, 2.45) is 23.5 Å². The highest BCUT2D eigenvalue weighted by atomic mass is 19.1. The topological polar surface area (TPSA) is 81.9 Å². The number of hydrogen-bond acceptors (Lipinski definition) is 6. The van der Waals surface area contributed by atoms with Crippen molar-refractivity contribution >= 4 is 5.69 Å². The summed E-state index contributed by atoms with van der Waals surface area (Å²) in [6.45, 7) is 2.86. The Morgan fingerprint density at radius 2 is 1.84 bits per heavy atom. The maximum atomic E-state index is 14.8. The van der Waals surface area contributed by atoms with Crippen molar-refractivity contribution in [1.82, 2.24) is 0 Å². The minimum absolute atomic E-state index is 0.0120. The zero-order valence-corrected chi connectivity index (χ0v) is 22.3. The maximum Gasteiger partial charge on any atom is 0.249 e. The van der Waals surface area contributed by atoms with Crippen molar-refractivity contribution in [3.8, 4) is 0 Å². The van der Waals surface area contributed by atoms with Gasteiger partial charge in [0.25, 0.3) is 0 Å². The number of methoxy groups -OCH3 is 1. The smallest absolute Gasteiger partial charge is 0.249 e. The van der Waals surface area contributed by atoms with Gasteiger partial charge in [0.2, 0.25) is 10.9 Å². The normalized spacial score (nSPS) is 20.8. The molecule has 1 aliphatic heterocycles. The number of halogens is 1. The molecule has 1 aliphatic carbocycles. The lowest BCUT2D eigenvalue weighted by atomic mass is 9.80. The zero-order valence-electron chi connectivity index (χ0n) is 22.3. The molecule has 2 aromatic rings. The van der Waals surface area contributed by atoms with Crippen LogP contribution in [-0.4, -0.2) is 40.0 Å². The van der Waals surface area contributed by atoms with Gasteiger partial charge in [-0.25, -0.2) is 4.39 Å². The average molecular weight is 515 g/mol. The minimum atomic E-state index is -0.418. The summed E-state index contributed by atoms with van der Waals surface area (Å²) < 4.78 is 26.2. The second-order valence-corrected chi connectivity index (χ2v) is 11.0. The van der Waals surface area contributed by atoms with Gasteiger partial charge < -0.3 is 20.1 Å². The Morgan fingerprint density at radius 3 is 2.57 bits per heavy atom. The van der Waals surface area contributed by atoms with Crippen LogP contribution in [0.25, 0.3) is 0 Å². The van der Waals surface area contributed by atoms with E-state index in [0.29, 0.717) is 55.5 Å². The fourth-order valence-corrected chi connectivity index (χ4v) is 6.46. The fraction of sp³-hybridized carbons (Fsp3) is 0.667. The van der Waals surface area contributed by atoms with Crippen LogP contribution in [0.3, 0.4) is 0 Å². The molecule has 0 aromatic heterocycles. The molecule has 0 amide bonds. The first-order valence-corrected chi connectivity index (χ1v) is 14.2. The number of piperidine rings is 1. The van der Waals surface area contributed by atoms with E-state index in [0.717, 1.165) is 32.2 Å². The van der Waals surface area contributed by atoms with Crippen molar-refractivity contribution in [1.29, 1.82) is 0 Å². The SMILES string of the molecule is COCCCO[C@@H](c1ccccc1F)[C@@H]1CCCN(c2c(C[C@H](CN)CC3CCCCC3)c(=O)c2=O)C1. The molecule has 3 atom stereocenters. The van der Waals surface area contributed by atoms with Gasteiger partial charge in [-0.05, 0) is 56.6 Å². The lowest BCUT2D eigenvalue weighted by molar-refractivity contribution is -0.00436. The van der Waals surface area contributed by atoms with Crippen LogP contribution in [0, 0.1) is 23.6 Å². The Balaban J connectivity index is 1.49. The molecule has 0 bridgehead atoms. The molecule has 7 heteroatoms. The van der Waals surface area contributed by atoms with Gasteiger partial charge in [0.1, 0.15) is 5.82 Å². The Bertz CT molecular complexity index is 1060. The van der Waals surface area contributed by atoms with Crippen molar-refractivity contribution < 1.29 is 13.9 Å². The molecular formula is C30H43FN2O4. The summed E-state index contributed by atoms with van der Waals surface area (Å²) in [6, 6.07) is 6.77. The standard InChI is InChI=1S/C30H43FN2O4/c1-36-15-8-16-37-30(24-12-5-6-13-26(24)31)23-11-7-14-33(20-23)27-25(28(34)29(27)35)18-22(19-32)17-21-9-3-2-4-10-21/h5-6,12-13,21-23,30H,2-4,7-11,14-20,32H2,1H3/t22-,23-,30-/m1/s1. The van der Waals surface area contributed by atoms with Gasteiger partial charge in [0.15, 0.2) is 0 Å². The first-order chi connectivity index (χ1) is 18.0. The van der Waals surface area contributed by atoms with Gasteiger partial charge in [-0.1, -0.05) is 50.3 Å². The van der Waals surface area contributed by atoms with Crippen LogP contribution >= 0.6 is 0 Å². The summed E-state index contributed by atoms with van der Waals surface area (Å²) in [5.41, 5.74) is 7.18. The predicted molar refractivity (Wildman–Crippen MR) is 145 cm³/mol. The molecule has 0 radical (unpaired) electrons. The van der Waals surface area contributed by atoms with Gasteiger partial charge >= 0.3 is 0 Å². The molecule has 1 saturated carbocycles. The summed E-state index contributed by atoms with van der Waals surface area (Å²) >= 11 is 0. The van der Waals surface area contributed by atoms with E-state index in [1.54, 1.807) is 19.2 Å². The van der Waals surface area contributed by atoms with Crippen LogP contribution in [0.4, 0.5) is 10.1 Å². The van der Waals surface area contributed by atoms with Crippen LogP contribution in [0.15, 0.2) is 33.9 Å². The predicted octanol–water partition coefficient (Wildman–Crippen LogP) is 4.52. The molecule has 1 saturated heterocycles. The molecule has 6 nitrogen and oxygen atoms in total. The van der Waals surface area contributed by atoms with Crippen molar-refractivity contribution in [3.05, 3.63) is 61.7 Å². The summed E-state index contributed by atoms with van der Waals surface area (Å²) in [4.78, 5) is 27.5. The zero-order chi connectivity index (χ0) is 26.2. The van der Waals surface area contributed by atoms with Gasteiger partial charge in [0.05, 0.1) is 11.8 Å². The van der Waals surface area contributed by atoms with Gasteiger partial charge in [-0.3, -0.25) is 9.59 Å². The average Bonchev–Trinajstić information content (AvgIpc) is 2.93. The number of ether oxygens (including phenoxy) is 2. The summed E-state index contributed by atoms with van der Waals surface area (Å²) in [6.07, 6.45) is 10.00. The molecule has 0 unspecified atom stereocenters. The van der Waals surface area contributed by atoms with Crippen LogP contribution in [0.1, 0.15) is 75.0 Å². The van der Waals surface area contributed by atoms with E-state index in [-0.39, 0.29) is 28.5 Å². The number of benzene rings is 1. The van der Waals surface area contributed by atoms with E-state index in [2.05, 4.69) is 4.90 Å². The molecule has 37 heavy (non-hydrogen) atoms. The fourth-order valence-electron chi connectivity index (χ4n) is 6.46. The summed E-state index contributed by atoms with van der Waals surface area (Å²) in [5, 5.41) is 0. The molecule has 4 rings (SSSR count). The molecule has 2 fully saturated rings. The van der Waals surface area contributed by atoms with Crippen LogP contribution in [-0.2, 0) is 15.9 Å². The molecule has 0 spiro atoms. The quantitative estimate of drug-likeness (QED) is 0.313. The second-order valence-electron chi connectivity index (χ2n) is 11.0. The monoisotopic (exact) mass is 514 g/mol. The number of anilines is 1. The molecule has 2 N–H and O–H groups in total. The Kier molecular flexibility index (Phi) is 10.3. The van der Waals surface area contributed by atoms with Gasteiger partial charge in [-0.2, -0.15) is 0 Å². The number of rotatable bonds is 13. The van der Waals surface area contributed by atoms with E-state index in [4.69, 9.17) is 15.2 Å². The molecule has 204 valence electrons.